The number of anilines is 1. The summed E-state index contributed by atoms with van der Waals surface area (Å²) < 4.78 is 44.8. The second kappa shape index (κ2) is 9.32. The molecule has 0 amide bonds. The number of benzene rings is 2. The number of hydrogen-bond donors (Lipinski definition) is 0. The number of ether oxygens (including phenoxy) is 1. The number of carbonyl (C=O) groups excluding carboxylic acids is 1. The van der Waals surface area contributed by atoms with Crippen LogP contribution in [0.4, 0.5) is 18.9 Å². The molecule has 2 atom stereocenters. The van der Waals surface area contributed by atoms with Gasteiger partial charge in [0.05, 0.1) is 25.3 Å². The lowest BCUT2D eigenvalue weighted by Crippen LogP contribution is -2.37. The van der Waals surface area contributed by atoms with E-state index < -0.39 is 29.8 Å². The number of methoxy groups -OCH3 is 1. The van der Waals surface area contributed by atoms with Crippen LogP contribution in [0.15, 0.2) is 59.7 Å². The van der Waals surface area contributed by atoms with E-state index in [0.717, 1.165) is 24.8 Å². The lowest BCUT2D eigenvalue weighted by atomic mass is 9.94. The number of nitrogens with zero attached hydrogens (tertiary/aromatic N) is 2. The summed E-state index contributed by atoms with van der Waals surface area (Å²) >= 11 is 0. The van der Waals surface area contributed by atoms with Gasteiger partial charge >= 0.3 is 12.1 Å². The van der Waals surface area contributed by atoms with E-state index in [4.69, 9.17) is 0 Å². The van der Waals surface area contributed by atoms with E-state index in [1.807, 2.05) is 30.3 Å². The lowest BCUT2D eigenvalue weighted by molar-refractivity contribution is -0.141. The highest BCUT2D eigenvalue weighted by atomic mass is 19.4. The molecule has 3 rings (SSSR count). The van der Waals surface area contributed by atoms with E-state index in [1.54, 1.807) is 12.1 Å². The molecule has 0 saturated heterocycles. The molecule has 2 aromatic carbocycles. The standard InChI is InChI=1S/C23H25F3N2O2/c1-16-20(15-21(29)30-2)28(27-22(16)23(24,25)26)19-13-11-18(12-14-19)10-6-9-17-7-4-3-5-8-17/h3-5,7-8,11-14,16,20H,6,9-10,15H2,1-2H3/t16-,20-/m0/s1. The molecule has 2 aromatic rings. The smallest absolute Gasteiger partial charge is 0.431 e. The fourth-order valence-electron chi connectivity index (χ4n) is 3.71. The summed E-state index contributed by atoms with van der Waals surface area (Å²) in [4.78, 5) is 11.8. The van der Waals surface area contributed by atoms with Crippen molar-refractivity contribution >= 4 is 17.4 Å². The van der Waals surface area contributed by atoms with E-state index in [-0.39, 0.29) is 6.42 Å². The Morgan fingerprint density at radius 3 is 2.20 bits per heavy atom. The molecule has 0 fully saturated rings. The lowest BCUT2D eigenvalue weighted by Gasteiger charge is -2.25. The van der Waals surface area contributed by atoms with Crippen molar-refractivity contribution in [1.29, 1.82) is 0 Å². The van der Waals surface area contributed by atoms with Crippen LogP contribution in [-0.4, -0.2) is 31.0 Å². The van der Waals surface area contributed by atoms with Crippen molar-refractivity contribution in [3.63, 3.8) is 0 Å². The minimum atomic E-state index is -4.54. The van der Waals surface area contributed by atoms with Crippen LogP contribution in [0.3, 0.4) is 0 Å². The highest BCUT2D eigenvalue weighted by molar-refractivity contribution is 5.96. The number of halogens is 3. The van der Waals surface area contributed by atoms with Gasteiger partial charge < -0.3 is 4.74 Å². The fourth-order valence-corrected chi connectivity index (χ4v) is 3.71. The first-order valence-corrected chi connectivity index (χ1v) is 9.94. The molecule has 0 spiro atoms. The van der Waals surface area contributed by atoms with Crippen molar-refractivity contribution in [2.24, 2.45) is 11.0 Å². The SMILES string of the molecule is COC(=O)C[C@H]1[C@H](C)C(C(F)(F)F)=NN1c1ccc(CCCc2ccccc2)cc1. The normalized spacial score (nSPS) is 19.0. The van der Waals surface area contributed by atoms with Gasteiger partial charge in [-0.1, -0.05) is 49.4 Å². The molecule has 4 nitrogen and oxygen atoms in total. The molecule has 0 saturated carbocycles. The van der Waals surface area contributed by atoms with Crippen LogP contribution < -0.4 is 5.01 Å². The van der Waals surface area contributed by atoms with Crippen LogP contribution in [0.5, 0.6) is 0 Å². The number of hydrazone groups is 1. The first-order valence-electron chi connectivity index (χ1n) is 9.94. The number of alkyl halides is 3. The van der Waals surface area contributed by atoms with E-state index in [9.17, 15) is 18.0 Å². The molecule has 160 valence electrons. The Bertz CT molecular complexity index is 880. The topological polar surface area (TPSA) is 41.9 Å². The highest BCUT2D eigenvalue weighted by Gasteiger charge is 2.48. The van der Waals surface area contributed by atoms with Gasteiger partial charge in [-0.15, -0.1) is 0 Å². The Morgan fingerprint density at radius 1 is 1.03 bits per heavy atom. The minimum Gasteiger partial charge on any atom is -0.469 e. The van der Waals surface area contributed by atoms with Gasteiger partial charge in [0.2, 0.25) is 0 Å². The maximum Gasteiger partial charge on any atom is 0.431 e. The monoisotopic (exact) mass is 418 g/mol. The van der Waals surface area contributed by atoms with E-state index in [2.05, 4.69) is 22.0 Å². The van der Waals surface area contributed by atoms with Gasteiger partial charge in [0, 0.05) is 5.92 Å². The predicted molar refractivity (Wildman–Crippen MR) is 110 cm³/mol. The molecule has 0 aromatic heterocycles. The van der Waals surface area contributed by atoms with Crippen LogP contribution >= 0.6 is 0 Å². The van der Waals surface area contributed by atoms with Crippen molar-refractivity contribution in [1.82, 2.24) is 0 Å². The molecule has 7 heteroatoms. The maximum absolute atomic E-state index is 13.4. The molecule has 0 aliphatic carbocycles. The summed E-state index contributed by atoms with van der Waals surface area (Å²) in [6.45, 7) is 1.44. The van der Waals surface area contributed by atoms with E-state index in [0.29, 0.717) is 5.69 Å². The Hall–Kier alpha value is -2.83. The molecule has 1 aliphatic rings. The largest absolute Gasteiger partial charge is 0.469 e. The van der Waals surface area contributed by atoms with Gasteiger partial charge in [-0.2, -0.15) is 18.3 Å². The molecule has 30 heavy (non-hydrogen) atoms. The first kappa shape index (κ1) is 21.9. The average molecular weight is 418 g/mol. The number of rotatable bonds is 7. The van der Waals surface area contributed by atoms with Crippen molar-refractivity contribution < 1.29 is 22.7 Å². The van der Waals surface area contributed by atoms with Crippen molar-refractivity contribution in [3.8, 4) is 0 Å². The third kappa shape index (κ3) is 5.20. The van der Waals surface area contributed by atoms with Gasteiger partial charge in [-0.05, 0) is 42.5 Å². The Balaban J connectivity index is 1.71. The molecule has 0 radical (unpaired) electrons. The van der Waals surface area contributed by atoms with Crippen molar-refractivity contribution in [3.05, 3.63) is 65.7 Å². The second-order valence-electron chi connectivity index (χ2n) is 7.47. The molecular formula is C23H25F3N2O2. The van der Waals surface area contributed by atoms with Gasteiger partial charge in [0.15, 0.2) is 0 Å². The first-order chi connectivity index (χ1) is 14.3. The summed E-state index contributed by atoms with van der Waals surface area (Å²) in [5.74, 6) is -1.50. The summed E-state index contributed by atoms with van der Waals surface area (Å²) in [6, 6.07) is 16.8. The molecule has 1 aliphatic heterocycles. The Labute approximate surface area is 174 Å². The highest BCUT2D eigenvalue weighted by Crippen LogP contribution is 2.36. The summed E-state index contributed by atoms with van der Waals surface area (Å²) in [5.41, 5.74) is 2.04. The number of aryl methyl sites for hydroxylation is 2. The maximum atomic E-state index is 13.4. The zero-order valence-corrected chi connectivity index (χ0v) is 17.0. The second-order valence-corrected chi connectivity index (χ2v) is 7.47. The van der Waals surface area contributed by atoms with Crippen molar-refractivity contribution in [2.75, 3.05) is 12.1 Å². The van der Waals surface area contributed by atoms with Gasteiger partial charge in [0.1, 0.15) is 5.71 Å². The molecular weight excluding hydrogens is 393 g/mol. The third-order valence-corrected chi connectivity index (χ3v) is 5.41. The van der Waals surface area contributed by atoms with Crippen molar-refractivity contribution in [2.45, 2.75) is 44.8 Å². The zero-order chi connectivity index (χ0) is 21.7. The molecule has 1 heterocycles. The van der Waals surface area contributed by atoms with E-state index in [1.165, 1.54) is 24.6 Å². The summed E-state index contributed by atoms with van der Waals surface area (Å²) in [5, 5.41) is 5.13. The fraction of sp³-hybridized carbons (Fsp3) is 0.391. The van der Waals surface area contributed by atoms with Crippen LogP contribution in [0.1, 0.15) is 30.9 Å². The number of carbonyl (C=O) groups is 1. The van der Waals surface area contributed by atoms with Crippen LogP contribution in [0.25, 0.3) is 0 Å². The van der Waals surface area contributed by atoms with Gasteiger partial charge in [-0.3, -0.25) is 9.80 Å². The minimum absolute atomic E-state index is 0.167. The summed E-state index contributed by atoms with van der Waals surface area (Å²) in [6.07, 6.45) is -1.90. The van der Waals surface area contributed by atoms with E-state index >= 15 is 0 Å². The third-order valence-electron chi connectivity index (χ3n) is 5.41. The predicted octanol–water partition coefficient (Wildman–Crippen LogP) is 5.17. The number of esters is 1. The zero-order valence-electron chi connectivity index (χ0n) is 17.0. The molecule has 0 N–H and O–H groups in total. The van der Waals surface area contributed by atoms with Crippen LogP contribution in [0, 0.1) is 5.92 Å². The number of hydrogen-bond acceptors (Lipinski definition) is 4. The Morgan fingerprint density at radius 2 is 1.63 bits per heavy atom. The average Bonchev–Trinajstić information content (AvgIpc) is 3.06. The molecule has 0 unspecified atom stereocenters. The quantitative estimate of drug-likeness (QED) is 0.583. The Kier molecular flexibility index (Phi) is 6.80. The molecule has 0 bridgehead atoms. The van der Waals surface area contributed by atoms with Gasteiger partial charge in [-0.25, -0.2) is 0 Å². The van der Waals surface area contributed by atoms with Crippen LogP contribution in [0.2, 0.25) is 0 Å². The summed E-state index contributed by atoms with van der Waals surface area (Å²) in [7, 11) is 1.22. The van der Waals surface area contributed by atoms with Gasteiger partial charge in [0.25, 0.3) is 0 Å². The van der Waals surface area contributed by atoms with Crippen LogP contribution in [-0.2, 0) is 22.4 Å².